The number of hydrogen-bond acceptors (Lipinski definition) is 3. The van der Waals surface area contributed by atoms with Crippen LogP contribution in [0.3, 0.4) is 0 Å². The Bertz CT molecular complexity index is 516. The van der Waals surface area contributed by atoms with Crippen LogP contribution in [0, 0.1) is 5.82 Å². The van der Waals surface area contributed by atoms with Crippen molar-refractivity contribution in [2.75, 3.05) is 24.6 Å². The molecule has 1 aliphatic rings. The van der Waals surface area contributed by atoms with Crippen LogP contribution in [0.1, 0.15) is 18.9 Å². The lowest BCUT2D eigenvalue weighted by Crippen LogP contribution is -2.42. The van der Waals surface area contributed by atoms with Crippen molar-refractivity contribution in [2.45, 2.75) is 19.4 Å². The Labute approximate surface area is 117 Å². The summed E-state index contributed by atoms with van der Waals surface area (Å²) in [5.74, 6) is -1.42. The average molecular weight is 279 g/mol. The molecule has 1 aromatic carbocycles. The van der Waals surface area contributed by atoms with Gasteiger partial charge in [0, 0.05) is 30.4 Å². The largest absolute Gasteiger partial charge is 0.478 e. The molecule has 1 unspecified atom stereocenters. The van der Waals surface area contributed by atoms with Gasteiger partial charge in [0.15, 0.2) is 0 Å². The van der Waals surface area contributed by atoms with Crippen LogP contribution in [-0.4, -0.2) is 36.9 Å². The van der Waals surface area contributed by atoms with E-state index in [0.29, 0.717) is 12.2 Å². The predicted octanol–water partition coefficient (Wildman–Crippen LogP) is 2.54. The number of ether oxygens (including phenoxy) is 1. The fourth-order valence-corrected chi connectivity index (χ4v) is 2.29. The molecule has 2 rings (SSSR count). The van der Waals surface area contributed by atoms with E-state index < -0.39 is 5.97 Å². The molecule has 1 atom stereocenters. The van der Waals surface area contributed by atoms with Crippen LogP contribution in [0.15, 0.2) is 24.3 Å². The smallest absolute Gasteiger partial charge is 0.328 e. The lowest BCUT2D eigenvalue weighted by atomic mass is 10.1. The fraction of sp³-hybridized carbons (Fsp3) is 0.400. The molecule has 1 heterocycles. The Hall–Kier alpha value is -1.88. The van der Waals surface area contributed by atoms with Gasteiger partial charge in [-0.2, -0.15) is 0 Å². The number of carbonyl (C=O) groups is 1. The number of carboxylic acid groups (broad SMARTS) is 1. The molecular weight excluding hydrogens is 261 g/mol. The molecule has 0 radical (unpaired) electrons. The molecule has 1 N–H and O–H groups in total. The van der Waals surface area contributed by atoms with Crippen LogP contribution in [-0.2, 0) is 9.53 Å². The molecule has 1 saturated heterocycles. The highest BCUT2D eigenvalue weighted by Gasteiger charge is 2.20. The summed E-state index contributed by atoms with van der Waals surface area (Å²) >= 11 is 0. The first kappa shape index (κ1) is 14.5. The molecular formula is C15H18FNO3. The van der Waals surface area contributed by atoms with Gasteiger partial charge < -0.3 is 14.7 Å². The molecule has 108 valence electrons. The molecule has 0 amide bonds. The van der Waals surface area contributed by atoms with Gasteiger partial charge in [-0.3, -0.25) is 0 Å². The van der Waals surface area contributed by atoms with E-state index in [1.54, 1.807) is 6.07 Å². The van der Waals surface area contributed by atoms with Crippen LogP contribution in [0.5, 0.6) is 0 Å². The van der Waals surface area contributed by atoms with Crippen molar-refractivity contribution in [3.63, 3.8) is 0 Å². The number of carboxylic acids is 1. The van der Waals surface area contributed by atoms with Crippen molar-refractivity contribution in [1.29, 1.82) is 0 Å². The second kappa shape index (κ2) is 6.52. The summed E-state index contributed by atoms with van der Waals surface area (Å²) in [6, 6.07) is 4.43. The summed E-state index contributed by atoms with van der Waals surface area (Å²) in [7, 11) is 0. The fourth-order valence-electron chi connectivity index (χ4n) is 2.29. The second-order valence-corrected chi connectivity index (χ2v) is 4.72. The molecule has 0 bridgehead atoms. The van der Waals surface area contributed by atoms with Gasteiger partial charge in [0.2, 0.25) is 0 Å². The Morgan fingerprint density at radius 1 is 1.60 bits per heavy atom. The maximum absolute atomic E-state index is 13.4. The van der Waals surface area contributed by atoms with E-state index in [-0.39, 0.29) is 11.9 Å². The van der Waals surface area contributed by atoms with Crippen molar-refractivity contribution in [3.8, 4) is 0 Å². The second-order valence-electron chi connectivity index (χ2n) is 4.72. The van der Waals surface area contributed by atoms with Crippen molar-refractivity contribution < 1.29 is 19.0 Å². The monoisotopic (exact) mass is 279 g/mol. The predicted molar refractivity (Wildman–Crippen MR) is 75.3 cm³/mol. The third kappa shape index (κ3) is 3.57. The van der Waals surface area contributed by atoms with E-state index in [1.807, 2.05) is 0 Å². The van der Waals surface area contributed by atoms with Gasteiger partial charge in [-0.25, -0.2) is 9.18 Å². The Morgan fingerprint density at radius 3 is 3.10 bits per heavy atom. The van der Waals surface area contributed by atoms with Crippen molar-refractivity contribution in [2.24, 2.45) is 0 Å². The number of benzene rings is 1. The number of nitrogens with zero attached hydrogens (tertiary/aromatic N) is 1. The van der Waals surface area contributed by atoms with Crippen LogP contribution < -0.4 is 4.90 Å². The van der Waals surface area contributed by atoms with E-state index in [2.05, 4.69) is 11.8 Å². The number of hydrogen-bond donors (Lipinski definition) is 1. The molecule has 1 aromatic rings. The lowest BCUT2D eigenvalue weighted by Gasteiger charge is -2.35. The molecule has 1 aliphatic heterocycles. The van der Waals surface area contributed by atoms with E-state index >= 15 is 0 Å². The third-order valence-corrected chi connectivity index (χ3v) is 3.33. The van der Waals surface area contributed by atoms with Gasteiger partial charge >= 0.3 is 5.97 Å². The Kier molecular flexibility index (Phi) is 4.74. The zero-order valence-electron chi connectivity index (χ0n) is 11.4. The zero-order chi connectivity index (χ0) is 14.5. The normalized spacial score (nSPS) is 19.5. The topological polar surface area (TPSA) is 49.8 Å². The number of anilines is 1. The molecule has 4 nitrogen and oxygen atoms in total. The number of rotatable bonds is 4. The van der Waals surface area contributed by atoms with E-state index in [0.717, 1.165) is 31.3 Å². The molecule has 5 heteroatoms. The van der Waals surface area contributed by atoms with Gasteiger partial charge in [0.1, 0.15) is 5.82 Å². The molecule has 1 fully saturated rings. The summed E-state index contributed by atoms with van der Waals surface area (Å²) in [5, 5.41) is 8.71. The highest BCUT2D eigenvalue weighted by Crippen LogP contribution is 2.25. The average Bonchev–Trinajstić information content (AvgIpc) is 2.45. The van der Waals surface area contributed by atoms with Gasteiger partial charge in [-0.1, -0.05) is 6.92 Å². The van der Waals surface area contributed by atoms with Crippen LogP contribution in [0.4, 0.5) is 10.1 Å². The summed E-state index contributed by atoms with van der Waals surface area (Å²) in [4.78, 5) is 12.7. The molecule has 0 spiro atoms. The SMILES string of the molecule is CCC1CN(c2ccc(F)cc2/C=C/C(=O)O)CCO1. The third-order valence-electron chi connectivity index (χ3n) is 3.33. The van der Waals surface area contributed by atoms with E-state index in [4.69, 9.17) is 9.84 Å². The minimum atomic E-state index is -1.05. The first-order chi connectivity index (χ1) is 9.60. The van der Waals surface area contributed by atoms with Gasteiger partial charge in [-0.15, -0.1) is 0 Å². The molecule has 0 aliphatic carbocycles. The lowest BCUT2D eigenvalue weighted by molar-refractivity contribution is -0.131. The van der Waals surface area contributed by atoms with Crippen LogP contribution in [0.2, 0.25) is 0 Å². The molecule has 20 heavy (non-hydrogen) atoms. The van der Waals surface area contributed by atoms with Crippen molar-refractivity contribution in [1.82, 2.24) is 0 Å². The zero-order valence-corrected chi connectivity index (χ0v) is 11.4. The summed E-state index contributed by atoms with van der Waals surface area (Å²) in [6.45, 7) is 4.13. The molecule has 0 aromatic heterocycles. The number of morpholine rings is 1. The van der Waals surface area contributed by atoms with Crippen LogP contribution >= 0.6 is 0 Å². The van der Waals surface area contributed by atoms with E-state index in [9.17, 15) is 9.18 Å². The number of aliphatic carboxylic acids is 1. The maximum Gasteiger partial charge on any atom is 0.328 e. The van der Waals surface area contributed by atoms with Crippen molar-refractivity contribution >= 4 is 17.7 Å². The quantitative estimate of drug-likeness (QED) is 0.860. The highest BCUT2D eigenvalue weighted by molar-refractivity contribution is 5.87. The van der Waals surface area contributed by atoms with Gasteiger partial charge in [0.25, 0.3) is 0 Å². The van der Waals surface area contributed by atoms with E-state index in [1.165, 1.54) is 18.2 Å². The number of halogens is 1. The Balaban J connectivity index is 2.28. The minimum Gasteiger partial charge on any atom is -0.478 e. The molecule has 0 saturated carbocycles. The van der Waals surface area contributed by atoms with Gasteiger partial charge in [-0.05, 0) is 30.7 Å². The summed E-state index contributed by atoms with van der Waals surface area (Å²) in [5.41, 5.74) is 1.41. The summed E-state index contributed by atoms with van der Waals surface area (Å²) in [6.07, 6.45) is 3.52. The maximum atomic E-state index is 13.4. The van der Waals surface area contributed by atoms with Crippen LogP contribution in [0.25, 0.3) is 6.08 Å². The first-order valence-electron chi connectivity index (χ1n) is 6.67. The van der Waals surface area contributed by atoms with Gasteiger partial charge in [0.05, 0.1) is 12.7 Å². The highest BCUT2D eigenvalue weighted by atomic mass is 19.1. The van der Waals surface area contributed by atoms with Crippen molar-refractivity contribution in [3.05, 3.63) is 35.7 Å². The standard InChI is InChI=1S/C15H18FNO3/c1-2-13-10-17(7-8-20-13)14-5-4-12(16)9-11(14)3-6-15(18)19/h3-6,9,13H,2,7-8,10H2,1H3,(H,18,19)/b6-3+. The summed E-state index contributed by atoms with van der Waals surface area (Å²) < 4.78 is 19.0. The Morgan fingerprint density at radius 2 is 2.40 bits per heavy atom. The first-order valence-corrected chi connectivity index (χ1v) is 6.67. The minimum absolute atomic E-state index is 0.158.